The highest BCUT2D eigenvalue weighted by Gasteiger charge is 2.32. The second-order valence-corrected chi connectivity index (χ2v) is 10.0. The summed E-state index contributed by atoms with van der Waals surface area (Å²) in [5.41, 5.74) is -3.37. The molecule has 43 heavy (non-hydrogen) atoms. The molecule has 10 nitrogen and oxygen atoms in total. The fraction of sp³-hybridized carbons (Fsp3) is 0.267. The molecule has 0 aliphatic carbocycles. The molecule has 0 saturated carbocycles. The zero-order valence-electron chi connectivity index (χ0n) is 23.9. The number of nitrogens with one attached hydrogen (secondary N) is 1. The lowest BCUT2D eigenvalue weighted by Gasteiger charge is -2.30. The predicted molar refractivity (Wildman–Crippen MR) is 150 cm³/mol. The molecular formula is C30H30F3N3O7. The van der Waals surface area contributed by atoms with Crippen molar-refractivity contribution in [3.05, 3.63) is 111 Å². The van der Waals surface area contributed by atoms with Crippen molar-refractivity contribution in [3.8, 4) is 5.75 Å². The fourth-order valence-corrected chi connectivity index (χ4v) is 3.77. The van der Waals surface area contributed by atoms with E-state index >= 15 is 0 Å². The number of halogens is 3. The summed E-state index contributed by atoms with van der Waals surface area (Å²) in [4.78, 5) is 53.2. The topological polar surface area (TPSA) is 116 Å². The molecule has 3 rings (SSSR count). The maximum atomic E-state index is 14.2. The van der Waals surface area contributed by atoms with Gasteiger partial charge in [0, 0.05) is 30.4 Å². The smallest absolute Gasteiger partial charge is 0.429 e. The van der Waals surface area contributed by atoms with Crippen molar-refractivity contribution < 1.29 is 41.8 Å². The highest BCUT2D eigenvalue weighted by Crippen LogP contribution is 2.21. The molecule has 3 aromatic rings. The molecule has 0 spiro atoms. The Kier molecular flexibility index (Phi) is 10.4. The van der Waals surface area contributed by atoms with Gasteiger partial charge in [-0.2, -0.15) is 0 Å². The number of esters is 1. The van der Waals surface area contributed by atoms with Gasteiger partial charge >= 0.3 is 12.1 Å². The number of ether oxygens (including phenoxy) is 3. The van der Waals surface area contributed by atoms with Crippen LogP contribution < -0.4 is 20.5 Å². The fourth-order valence-electron chi connectivity index (χ4n) is 3.77. The molecule has 0 saturated heterocycles. The molecule has 0 unspecified atom stereocenters. The number of hydrogen-bond donors (Lipinski definition) is 1. The third kappa shape index (κ3) is 8.03. The molecule has 0 fully saturated rings. The first-order valence-electron chi connectivity index (χ1n) is 12.8. The number of carbonyl (C=O) groups is 3. The highest BCUT2D eigenvalue weighted by atomic mass is 19.1. The third-order valence-electron chi connectivity index (χ3n) is 5.69. The maximum Gasteiger partial charge on any atom is 0.429 e. The summed E-state index contributed by atoms with van der Waals surface area (Å²) >= 11 is 0. The molecule has 1 heterocycles. The van der Waals surface area contributed by atoms with E-state index in [1.165, 1.54) is 6.08 Å². The number of aromatic nitrogens is 1. The molecule has 1 aromatic heterocycles. The Morgan fingerprint density at radius 2 is 1.70 bits per heavy atom. The van der Waals surface area contributed by atoms with Gasteiger partial charge in [0.2, 0.25) is 11.2 Å². The minimum absolute atomic E-state index is 0.231. The Balaban J connectivity index is 2.20. The van der Waals surface area contributed by atoms with Crippen LogP contribution in [0.2, 0.25) is 0 Å². The lowest BCUT2D eigenvalue weighted by Crippen LogP contribution is -2.47. The number of methoxy groups -OCH3 is 1. The first-order chi connectivity index (χ1) is 20.3. The molecular weight excluding hydrogens is 571 g/mol. The Morgan fingerprint density at radius 3 is 2.26 bits per heavy atom. The Morgan fingerprint density at radius 1 is 1.07 bits per heavy atom. The van der Waals surface area contributed by atoms with E-state index < -0.39 is 75.6 Å². The van der Waals surface area contributed by atoms with Gasteiger partial charge in [-0.1, -0.05) is 36.4 Å². The van der Waals surface area contributed by atoms with Crippen LogP contribution in [-0.2, 0) is 22.6 Å². The van der Waals surface area contributed by atoms with Crippen LogP contribution in [-0.4, -0.2) is 41.9 Å². The van der Waals surface area contributed by atoms with Crippen LogP contribution in [0.4, 0.5) is 18.0 Å². The maximum absolute atomic E-state index is 14.2. The van der Waals surface area contributed by atoms with E-state index in [1.54, 1.807) is 51.1 Å². The zero-order valence-corrected chi connectivity index (χ0v) is 23.9. The number of carbonyl (C=O) groups excluding carboxylic acids is 3. The quantitative estimate of drug-likeness (QED) is 0.266. The van der Waals surface area contributed by atoms with Crippen LogP contribution in [0.3, 0.4) is 0 Å². The van der Waals surface area contributed by atoms with Gasteiger partial charge in [-0.3, -0.25) is 9.59 Å². The Bertz CT molecular complexity index is 1560. The van der Waals surface area contributed by atoms with Crippen LogP contribution in [0.1, 0.15) is 52.7 Å². The van der Waals surface area contributed by atoms with Crippen molar-refractivity contribution in [2.45, 2.75) is 39.5 Å². The number of pyridine rings is 1. The summed E-state index contributed by atoms with van der Waals surface area (Å²) in [6.45, 7) is 7.15. The monoisotopic (exact) mass is 601 g/mol. The summed E-state index contributed by atoms with van der Waals surface area (Å²) in [5, 5.41) is 3.08. The minimum atomic E-state index is -1.26. The lowest BCUT2D eigenvalue weighted by molar-refractivity contribution is 0.0524. The molecule has 0 aliphatic heterocycles. The molecule has 13 heteroatoms. The molecule has 2 amide bonds. The standard InChI is InChI=1S/C30H30F3N3O7/c1-6-12-35(29(40)43-30(2,3)4)36-16-21(27(38)34-15-20-22(32)13-19(31)14-23(20)33)25(37)26(24(36)28(39)41-5)42-17-18-10-8-7-9-11-18/h6-11,13-14,16H,1,12,15,17H2,2-5H3,(H,34,38). The van der Waals surface area contributed by atoms with Crippen molar-refractivity contribution >= 4 is 18.0 Å². The summed E-state index contributed by atoms with van der Waals surface area (Å²) in [5.74, 6) is -6.57. The van der Waals surface area contributed by atoms with Gasteiger partial charge < -0.3 is 19.5 Å². The van der Waals surface area contributed by atoms with Gasteiger partial charge in [-0.15, -0.1) is 6.58 Å². The van der Waals surface area contributed by atoms with E-state index in [1.807, 2.05) is 0 Å². The molecule has 1 N–H and O–H groups in total. The number of amides is 2. The van der Waals surface area contributed by atoms with Gasteiger partial charge in [-0.05, 0) is 26.3 Å². The SMILES string of the molecule is C=CCN(C(=O)OC(C)(C)C)n1cc(C(=O)NCc2c(F)cc(F)cc2F)c(=O)c(OCc2ccccc2)c1C(=O)OC. The van der Waals surface area contributed by atoms with E-state index in [4.69, 9.17) is 14.2 Å². The molecule has 228 valence electrons. The predicted octanol–water partition coefficient (Wildman–Crippen LogP) is 4.62. The van der Waals surface area contributed by atoms with E-state index in [0.717, 1.165) is 23.0 Å². The van der Waals surface area contributed by atoms with E-state index in [0.29, 0.717) is 17.7 Å². The van der Waals surface area contributed by atoms with Crippen molar-refractivity contribution in [3.63, 3.8) is 0 Å². The van der Waals surface area contributed by atoms with Gasteiger partial charge in [0.25, 0.3) is 5.91 Å². The first kappa shape index (κ1) is 32.4. The number of nitrogens with zero attached hydrogens (tertiary/aromatic N) is 2. The first-order valence-corrected chi connectivity index (χ1v) is 12.8. The second kappa shape index (κ2) is 13.7. The van der Waals surface area contributed by atoms with Gasteiger partial charge in [0.15, 0.2) is 5.69 Å². The van der Waals surface area contributed by atoms with E-state index in [2.05, 4.69) is 11.9 Å². The van der Waals surface area contributed by atoms with Gasteiger partial charge in [0.05, 0.1) is 13.7 Å². The summed E-state index contributed by atoms with van der Waals surface area (Å²) in [6.07, 6.45) is 1.18. The van der Waals surface area contributed by atoms with Crippen molar-refractivity contribution in [1.29, 1.82) is 0 Å². The number of benzene rings is 2. The lowest BCUT2D eigenvalue weighted by atomic mass is 10.1. The van der Waals surface area contributed by atoms with Crippen LogP contribution in [0.25, 0.3) is 0 Å². The number of hydrogen-bond acceptors (Lipinski definition) is 7. The number of rotatable bonds is 10. The normalized spacial score (nSPS) is 11.0. The molecule has 0 aliphatic rings. The summed E-state index contributed by atoms with van der Waals surface area (Å²) in [7, 11) is 1.04. The average Bonchev–Trinajstić information content (AvgIpc) is 2.93. The molecule has 0 bridgehead atoms. The van der Waals surface area contributed by atoms with Crippen molar-refractivity contribution in [2.75, 3.05) is 18.7 Å². The van der Waals surface area contributed by atoms with Gasteiger partial charge in [0.1, 0.15) is 35.2 Å². The molecule has 2 aromatic carbocycles. The average molecular weight is 602 g/mol. The summed E-state index contributed by atoms with van der Waals surface area (Å²) < 4.78 is 58.7. The second-order valence-electron chi connectivity index (χ2n) is 10.0. The van der Waals surface area contributed by atoms with E-state index in [9.17, 15) is 32.3 Å². The molecule has 0 atom stereocenters. The Hall–Kier alpha value is -5.07. The van der Waals surface area contributed by atoms with E-state index in [-0.39, 0.29) is 13.2 Å². The largest absolute Gasteiger partial charge is 0.482 e. The van der Waals surface area contributed by atoms with Crippen LogP contribution >= 0.6 is 0 Å². The van der Waals surface area contributed by atoms with Crippen molar-refractivity contribution in [2.24, 2.45) is 0 Å². The Labute approximate surface area is 245 Å². The van der Waals surface area contributed by atoms with Crippen LogP contribution in [0.15, 0.2) is 66.1 Å². The third-order valence-corrected chi connectivity index (χ3v) is 5.69. The summed E-state index contributed by atoms with van der Waals surface area (Å²) in [6, 6.07) is 9.42. The van der Waals surface area contributed by atoms with Crippen molar-refractivity contribution in [1.82, 2.24) is 9.99 Å². The minimum Gasteiger partial charge on any atom is -0.482 e. The van der Waals surface area contributed by atoms with Crippen LogP contribution in [0, 0.1) is 17.5 Å². The zero-order chi connectivity index (χ0) is 31.9. The van der Waals surface area contributed by atoms with Crippen LogP contribution in [0.5, 0.6) is 5.75 Å². The van der Waals surface area contributed by atoms with Gasteiger partial charge in [-0.25, -0.2) is 32.4 Å². The molecule has 0 radical (unpaired) electrons. The highest BCUT2D eigenvalue weighted by molar-refractivity contribution is 5.97.